The number of nitrogens with one attached hydrogen (secondary N) is 2. The monoisotopic (exact) mass is 264 g/mol. The molecule has 2 aliphatic heterocycles. The number of ether oxygens (including phenoxy) is 1. The molecule has 2 aliphatic rings. The Morgan fingerprint density at radius 2 is 2.26 bits per heavy atom. The molecule has 5 heteroatoms. The van der Waals surface area contributed by atoms with Gasteiger partial charge in [-0.3, -0.25) is 4.79 Å². The molecule has 3 heterocycles. The lowest BCUT2D eigenvalue weighted by Gasteiger charge is -2.33. The van der Waals surface area contributed by atoms with Crippen molar-refractivity contribution in [2.75, 3.05) is 19.6 Å². The summed E-state index contributed by atoms with van der Waals surface area (Å²) in [6.07, 6.45) is 5.93. The number of amides is 1. The van der Waals surface area contributed by atoms with Gasteiger partial charge in [-0.25, -0.2) is 0 Å². The molecule has 1 spiro atoms. The summed E-state index contributed by atoms with van der Waals surface area (Å²) >= 11 is 0. The summed E-state index contributed by atoms with van der Waals surface area (Å²) in [5, 5.41) is 6.23. The fourth-order valence-corrected chi connectivity index (χ4v) is 2.99. The Morgan fingerprint density at radius 3 is 3.00 bits per heavy atom. The molecule has 104 valence electrons. The Kier molecular flexibility index (Phi) is 3.57. The van der Waals surface area contributed by atoms with E-state index in [1.807, 2.05) is 0 Å². The first-order chi connectivity index (χ1) is 9.27. The fourth-order valence-electron chi connectivity index (χ4n) is 2.99. The first-order valence-electron chi connectivity index (χ1n) is 6.98. The van der Waals surface area contributed by atoms with Crippen LogP contribution in [0.25, 0.3) is 0 Å². The SMILES string of the molecule is O=C(NCC1CCC2(CCNCC2)O1)c1ccco1. The Labute approximate surface area is 112 Å². The summed E-state index contributed by atoms with van der Waals surface area (Å²) in [5.41, 5.74) is 0.0608. The summed E-state index contributed by atoms with van der Waals surface area (Å²) in [4.78, 5) is 11.8. The Morgan fingerprint density at radius 1 is 1.42 bits per heavy atom. The predicted octanol–water partition coefficient (Wildman–Crippen LogP) is 1.31. The van der Waals surface area contributed by atoms with E-state index in [9.17, 15) is 4.79 Å². The molecule has 2 fully saturated rings. The molecule has 1 unspecified atom stereocenters. The number of hydrogen-bond donors (Lipinski definition) is 2. The first-order valence-corrected chi connectivity index (χ1v) is 6.98. The van der Waals surface area contributed by atoms with E-state index in [0.717, 1.165) is 38.8 Å². The lowest BCUT2D eigenvalue weighted by Crippen LogP contribution is -2.43. The molecule has 5 nitrogen and oxygen atoms in total. The van der Waals surface area contributed by atoms with Crippen LogP contribution >= 0.6 is 0 Å². The van der Waals surface area contributed by atoms with Crippen molar-refractivity contribution in [1.29, 1.82) is 0 Å². The lowest BCUT2D eigenvalue weighted by atomic mass is 9.89. The molecule has 0 saturated carbocycles. The molecule has 1 aromatic rings. The van der Waals surface area contributed by atoms with Crippen molar-refractivity contribution in [1.82, 2.24) is 10.6 Å². The van der Waals surface area contributed by atoms with Gasteiger partial charge in [-0.15, -0.1) is 0 Å². The van der Waals surface area contributed by atoms with Crippen LogP contribution in [0.1, 0.15) is 36.2 Å². The Hall–Kier alpha value is -1.33. The van der Waals surface area contributed by atoms with Gasteiger partial charge in [-0.2, -0.15) is 0 Å². The van der Waals surface area contributed by atoms with E-state index in [2.05, 4.69) is 10.6 Å². The van der Waals surface area contributed by atoms with Gasteiger partial charge in [0.25, 0.3) is 5.91 Å². The van der Waals surface area contributed by atoms with Crippen molar-refractivity contribution in [3.8, 4) is 0 Å². The van der Waals surface area contributed by atoms with Gasteiger partial charge in [0.1, 0.15) is 0 Å². The maximum absolute atomic E-state index is 11.8. The van der Waals surface area contributed by atoms with Gasteiger partial charge >= 0.3 is 0 Å². The third-order valence-corrected chi connectivity index (χ3v) is 4.09. The number of carbonyl (C=O) groups is 1. The Balaban J connectivity index is 1.48. The molecule has 2 saturated heterocycles. The maximum Gasteiger partial charge on any atom is 0.287 e. The zero-order valence-electron chi connectivity index (χ0n) is 11.0. The van der Waals surface area contributed by atoms with Crippen LogP contribution < -0.4 is 10.6 Å². The van der Waals surface area contributed by atoms with Crippen molar-refractivity contribution in [3.05, 3.63) is 24.2 Å². The average molecular weight is 264 g/mol. The highest BCUT2D eigenvalue weighted by Crippen LogP contribution is 2.36. The third kappa shape index (κ3) is 2.82. The molecule has 0 aromatic carbocycles. The summed E-state index contributed by atoms with van der Waals surface area (Å²) in [7, 11) is 0. The van der Waals surface area contributed by atoms with Crippen LogP contribution in [0.4, 0.5) is 0 Å². The van der Waals surface area contributed by atoms with Crippen LogP contribution in [-0.4, -0.2) is 37.2 Å². The van der Waals surface area contributed by atoms with Crippen molar-refractivity contribution in [2.24, 2.45) is 0 Å². The van der Waals surface area contributed by atoms with E-state index < -0.39 is 0 Å². The molecular weight excluding hydrogens is 244 g/mol. The summed E-state index contributed by atoms with van der Waals surface area (Å²) in [6, 6.07) is 3.38. The molecule has 0 radical (unpaired) electrons. The van der Waals surface area contributed by atoms with Crippen molar-refractivity contribution in [3.63, 3.8) is 0 Å². The number of carbonyl (C=O) groups excluding carboxylic acids is 1. The maximum atomic E-state index is 11.8. The molecule has 1 aromatic heterocycles. The van der Waals surface area contributed by atoms with Crippen molar-refractivity contribution >= 4 is 5.91 Å². The van der Waals surface area contributed by atoms with Gasteiger partial charge in [0.2, 0.25) is 0 Å². The minimum Gasteiger partial charge on any atom is -0.459 e. The van der Waals surface area contributed by atoms with E-state index in [-0.39, 0.29) is 17.6 Å². The van der Waals surface area contributed by atoms with Crippen LogP contribution in [0.15, 0.2) is 22.8 Å². The fraction of sp³-hybridized carbons (Fsp3) is 0.643. The minimum atomic E-state index is -0.167. The number of rotatable bonds is 3. The molecule has 0 aliphatic carbocycles. The molecule has 1 amide bonds. The van der Waals surface area contributed by atoms with E-state index in [1.165, 1.54) is 6.26 Å². The molecular formula is C14H20N2O3. The van der Waals surface area contributed by atoms with Gasteiger partial charge in [-0.05, 0) is 50.9 Å². The summed E-state index contributed by atoms with van der Waals surface area (Å²) in [5.74, 6) is 0.189. The smallest absolute Gasteiger partial charge is 0.287 e. The lowest BCUT2D eigenvalue weighted by molar-refractivity contribution is -0.0576. The molecule has 2 N–H and O–H groups in total. The third-order valence-electron chi connectivity index (χ3n) is 4.09. The van der Waals surface area contributed by atoms with Crippen LogP contribution in [0.5, 0.6) is 0 Å². The largest absolute Gasteiger partial charge is 0.459 e. The van der Waals surface area contributed by atoms with Crippen LogP contribution in [0.2, 0.25) is 0 Å². The highest BCUT2D eigenvalue weighted by Gasteiger charge is 2.40. The number of furan rings is 1. The summed E-state index contributed by atoms with van der Waals surface area (Å²) < 4.78 is 11.2. The van der Waals surface area contributed by atoms with Gasteiger partial charge in [0.15, 0.2) is 5.76 Å². The first kappa shape index (κ1) is 12.7. The second-order valence-corrected chi connectivity index (χ2v) is 5.40. The normalized spacial score (nSPS) is 25.6. The highest BCUT2D eigenvalue weighted by atomic mass is 16.5. The van der Waals surface area contributed by atoms with Crippen LogP contribution in [0.3, 0.4) is 0 Å². The molecule has 19 heavy (non-hydrogen) atoms. The van der Waals surface area contributed by atoms with E-state index >= 15 is 0 Å². The predicted molar refractivity (Wildman–Crippen MR) is 70.0 cm³/mol. The summed E-state index contributed by atoms with van der Waals surface area (Å²) in [6.45, 7) is 2.63. The topological polar surface area (TPSA) is 63.5 Å². The van der Waals surface area contributed by atoms with Gasteiger partial charge in [0, 0.05) is 6.54 Å². The van der Waals surface area contributed by atoms with Crippen molar-refractivity contribution < 1.29 is 13.9 Å². The Bertz CT molecular complexity index is 424. The zero-order chi connectivity index (χ0) is 13.1. The van der Waals surface area contributed by atoms with Crippen molar-refractivity contribution in [2.45, 2.75) is 37.4 Å². The molecule has 3 rings (SSSR count). The highest BCUT2D eigenvalue weighted by molar-refractivity contribution is 5.91. The second-order valence-electron chi connectivity index (χ2n) is 5.40. The van der Waals surface area contributed by atoms with E-state index in [1.54, 1.807) is 12.1 Å². The van der Waals surface area contributed by atoms with Gasteiger partial charge in [0.05, 0.1) is 18.0 Å². The number of piperidine rings is 1. The minimum absolute atomic E-state index is 0.0608. The average Bonchev–Trinajstić information content (AvgIpc) is 3.08. The molecule has 0 bridgehead atoms. The standard InChI is InChI=1S/C14H20N2O3/c17-13(12-2-1-9-18-12)16-10-11-3-4-14(19-11)5-7-15-8-6-14/h1-2,9,11,15H,3-8,10H2,(H,16,17). The van der Waals surface area contributed by atoms with Crippen LogP contribution in [-0.2, 0) is 4.74 Å². The zero-order valence-corrected chi connectivity index (χ0v) is 11.0. The second kappa shape index (κ2) is 5.35. The van der Waals surface area contributed by atoms with Crippen LogP contribution in [0, 0.1) is 0 Å². The van der Waals surface area contributed by atoms with Gasteiger partial charge < -0.3 is 19.8 Å². The van der Waals surface area contributed by atoms with E-state index in [4.69, 9.17) is 9.15 Å². The number of hydrogen-bond acceptors (Lipinski definition) is 4. The van der Waals surface area contributed by atoms with Gasteiger partial charge in [-0.1, -0.05) is 0 Å². The molecule has 1 atom stereocenters. The quantitative estimate of drug-likeness (QED) is 0.864. The van der Waals surface area contributed by atoms with E-state index in [0.29, 0.717) is 12.3 Å².